The van der Waals surface area contributed by atoms with Gasteiger partial charge in [0.2, 0.25) is 0 Å². The van der Waals surface area contributed by atoms with E-state index in [4.69, 9.17) is 4.74 Å². The maximum atomic E-state index is 12.5. The molecule has 0 aliphatic rings. The van der Waals surface area contributed by atoms with Crippen LogP contribution in [0.1, 0.15) is 22.6 Å². The second-order valence-electron chi connectivity index (χ2n) is 5.08. The van der Waals surface area contributed by atoms with Gasteiger partial charge in [-0.05, 0) is 36.2 Å². The SMILES string of the molecule is Cc1ccccc1OCC(CO)c1ccc(C(F)(F)F)cc1. The van der Waals surface area contributed by atoms with Gasteiger partial charge in [0.25, 0.3) is 0 Å². The Labute approximate surface area is 127 Å². The Balaban J connectivity index is 2.07. The number of halogens is 3. The van der Waals surface area contributed by atoms with Crippen LogP contribution in [0.4, 0.5) is 13.2 Å². The van der Waals surface area contributed by atoms with Gasteiger partial charge in [0.1, 0.15) is 5.75 Å². The van der Waals surface area contributed by atoms with Crippen molar-refractivity contribution in [1.29, 1.82) is 0 Å². The fraction of sp³-hybridized carbons (Fsp3) is 0.294. The van der Waals surface area contributed by atoms with Gasteiger partial charge in [-0.1, -0.05) is 30.3 Å². The summed E-state index contributed by atoms with van der Waals surface area (Å²) in [5, 5.41) is 9.45. The van der Waals surface area contributed by atoms with E-state index in [0.29, 0.717) is 11.3 Å². The first-order valence-corrected chi connectivity index (χ1v) is 6.88. The van der Waals surface area contributed by atoms with Crippen molar-refractivity contribution in [2.45, 2.75) is 19.0 Å². The van der Waals surface area contributed by atoms with Crippen molar-refractivity contribution in [3.63, 3.8) is 0 Å². The van der Waals surface area contributed by atoms with Crippen molar-refractivity contribution in [1.82, 2.24) is 0 Å². The van der Waals surface area contributed by atoms with E-state index in [1.165, 1.54) is 12.1 Å². The molecule has 0 saturated carbocycles. The van der Waals surface area contributed by atoms with E-state index in [0.717, 1.165) is 17.7 Å². The van der Waals surface area contributed by atoms with E-state index in [1.54, 1.807) is 0 Å². The van der Waals surface area contributed by atoms with E-state index < -0.39 is 11.7 Å². The molecule has 2 aromatic rings. The van der Waals surface area contributed by atoms with E-state index in [-0.39, 0.29) is 19.1 Å². The van der Waals surface area contributed by atoms with Crippen molar-refractivity contribution >= 4 is 0 Å². The average Bonchev–Trinajstić information content (AvgIpc) is 2.49. The third-order valence-electron chi connectivity index (χ3n) is 3.46. The number of aliphatic hydroxyl groups is 1. The monoisotopic (exact) mass is 310 g/mol. The Hall–Kier alpha value is -2.01. The molecule has 0 bridgehead atoms. The highest BCUT2D eigenvalue weighted by atomic mass is 19.4. The number of alkyl halides is 3. The van der Waals surface area contributed by atoms with Crippen LogP contribution in [0.25, 0.3) is 0 Å². The van der Waals surface area contributed by atoms with E-state index >= 15 is 0 Å². The van der Waals surface area contributed by atoms with Crippen LogP contribution in [0, 0.1) is 6.92 Å². The summed E-state index contributed by atoms with van der Waals surface area (Å²) in [5.74, 6) is 0.328. The maximum absolute atomic E-state index is 12.5. The van der Waals surface area contributed by atoms with Gasteiger partial charge >= 0.3 is 6.18 Å². The molecule has 22 heavy (non-hydrogen) atoms. The molecule has 1 unspecified atom stereocenters. The molecule has 0 aliphatic heterocycles. The van der Waals surface area contributed by atoms with Crippen LogP contribution < -0.4 is 4.74 Å². The maximum Gasteiger partial charge on any atom is 0.416 e. The smallest absolute Gasteiger partial charge is 0.416 e. The van der Waals surface area contributed by atoms with Gasteiger partial charge in [-0.2, -0.15) is 13.2 Å². The lowest BCUT2D eigenvalue weighted by Crippen LogP contribution is -2.15. The first-order chi connectivity index (χ1) is 10.4. The zero-order valence-electron chi connectivity index (χ0n) is 12.1. The molecule has 1 atom stereocenters. The fourth-order valence-electron chi connectivity index (χ4n) is 2.11. The molecule has 5 heteroatoms. The Morgan fingerprint density at radius 1 is 1.05 bits per heavy atom. The summed E-state index contributed by atoms with van der Waals surface area (Å²) in [7, 11) is 0. The number of para-hydroxylation sites is 1. The second kappa shape index (κ2) is 6.83. The molecule has 2 aromatic carbocycles. The topological polar surface area (TPSA) is 29.5 Å². The quantitative estimate of drug-likeness (QED) is 0.898. The molecule has 0 amide bonds. The molecular weight excluding hydrogens is 293 g/mol. The predicted molar refractivity (Wildman–Crippen MR) is 77.9 cm³/mol. The van der Waals surface area contributed by atoms with Gasteiger partial charge in [-0.25, -0.2) is 0 Å². The van der Waals surface area contributed by atoms with Crippen LogP contribution in [0.15, 0.2) is 48.5 Å². The molecule has 0 aromatic heterocycles. The molecule has 0 saturated heterocycles. The van der Waals surface area contributed by atoms with Gasteiger partial charge < -0.3 is 9.84 Å². The fourth-order valence-corrected chi connectivity index (χ4v) is 2.11. The van der Waals surface area contributed by atoms with Gasteiger partial charge in [0.05, 0.1) is 18.8 Å². The van der Waals surface area contributed by atoms with Crippen LogP contribution in [-0.2, 0) is 6.18 Å². The summed E-state index contributed by atoms with van der Waals surface area (Å²) in [6.45, 7) is 1.91. The minimum atomic E-state index is -4.36. The lowest BCUT2D eigenvalue weighted by atomic mass is 9.99. The Bertz CT molecular complexity index is 606. The molecule has 0 heterocycles. The van der Waals surface area contributed by atoms with Crippen LogP contribution in [0.3, 0.4) is 0 Å². The van der Waals surface area contributed by atoms with Gasteiger partial charge in [0.15, 0.2) is 0 Å². The lowest BCUT2D eigenvalue weighted by molar-refractivity contribution is -0.137. The van der Waals surface area contributed by atoms with E-state index in [1.807, 2.05) is 31.2 Å². The largest absolute Gasteiger partial charge is 0.493 e. The summed E-state index contributed by atoms with van der Waals surface area (Å²) < 4.78 is 43.3. The normalized spacial score (nSPS) is 13.0. The van der Waals surface area contributed by atoms with Crippen LogP contribution >= 0.6 is 0 Å². The standard InChI is InChI=1S/C17H17F3O2/c1-12-4-2-3-5-16(12)22-11-14(10-21)13-6-8-15(9-7-13)17(18,19)20/h2-9,14,21H,10-11H2,1H3. The first-order valence-electron chi connectivity index (χ1n) is 6.88. The average molecular weight is 310 g/mol. The summed E-state index contributed by atoms with van der Waals surface area (Å²) in [6, 6.07) is 12.3. The summed E-state index contributed by atoms with van der Waals surface area (Å²) >= 11 is 0. The minimum absolute atomic E-state index is 0.197. The van der Waals surface area contributed by atoms with Crippen LogP contribution in [-0.4, -0.2) is 18.3 Å². The lowest BCUT2D eigenvalue weighted by Gasteiger charge is -2.17. The van der Waals surface area contributed by atoms with E-state index in [2.05, 4.69) is 0 Å². The minimum Gasteiger partial charge on any atom is -0.493 e. The highest BCUT2D eigenvalue weighted by Crippen LogP contribution is 2.30. The number of aryl methyl sites for hydroxylation is 1. The number of benzene rings is 2. The first kappa shape index (κ1) is 16.4. The Morgan fingerprint density at radius 2 is 1.68 bits per heavy atom. The van der Waals surface area contributed by atoms with Gasteiger partial charge in [-0.15, -0.1) is 0 Å². The molecule has 0 aliphatic carbocycles. The molecule has 2 nitrogen and oxygen atoms in total. The third-order valence-corrected chi connectivity index (χ3v) is 3.46. The van der Waals surface area contributed by atoms with Gasteiger partial charge in [0, 0.05) is 5.92 Å². The number of rotatable bonds is 5. The highest BCUT2D eigenvalue weighted by molar-refractivity contribution is 5.32. The molecule has 118 valence electrons. The molecule has 2 rings (SSSR count). The Kier molecular flexibility index (Phi) is 5.08. The summed E-state index contributed by atoms with van der Waals surface area (Å²) in [4.78, 5) is 0. The van der Waals surface area contributed by atoms with Crippen molar-refractivity contribution in [3.05, 3.63) is 65.2 Å². The number of hydrogen-bond donors (Lipinski definition) is 1. The van der Waals surface area contributed by atoms with Crippen molar-refractivity contribution in [2.24, 2.45) is 0 Å². The molecule has 0 radical (unpaired) electrons. The zero-order valence-corrected chi connectivity index (χ0v) is 12.1. The molecule has 0 spiro atoms. The predicted octanol–water partition coefficient (Wildman–Crippen LogP) is 4.17. The Morgan fingerprint density at radius 3 is 2.23 bits per heavy atom. The van der Waals surface area contributed by atoms with Crippen molar-refractivity contribution < 1.29 is 23.0 Å². The number of aliphatic hydroxyl groups excluding tert-OH is 1. The summed E-state index contributed by atoms with van der Waals surface area (Å²) in [6.07, 6.45) is -4.36. The molecule has 0 fully saturated rings. The van der Waals surface area contributed by atoms with Crippen LogP contribution in [0.2, 0.25) is 0 Å². The molecular formula is C17H17F3O2. The third kappa shape index (κ3) is 4.01. The van der Waals surface area contributed by atoms with Crippen molar-refractivity contribution in [3.8, 4) is 5.75 Å². The second-order valence-corrected chi connectivity index (χ2v) is 5.08. The van der Waals surface area contributed by atoms with Crippen molar-refractivity contribution in [2.75, 3.05) is 13.2 Å². The molecule has 1 N–H and O–H groups in total. The van der Waals surface area contributed by atoms with Crippen LogP contribution in [0.5, 0.6) is 5.75 Å². The number of hydrogen-bond acceptors (Lipinski definition) is 2. The zero-order chi connectivity index (χ0) is 16.2. The van der Waals surface area contributed by atoms with Gasteiger partial charge in [-0.3, -0.25) is 0 Å². The number of ether oxygens (including phenoxy) is 1. The summed E-state index contributed by atoms with van der Waals surface area (Å²) in [5.41, 5.74) is 0.878. The van der Waals surface area contributed by atoms with E-state index in [9.17, 15) is 18.3 Å². The highest BCUT2D eigenvalue weighted by Gasteiger charge is 2.30.